The van der Waals surface area contributed by atoms with Crippen molar-refractivity contribution in [2.24, 2.45) is 0 Å². The molecule has 122 valence electrons. The van der Waals surface area contributed by atoms with Gasteiger partial charge in [-0.3, -0.25) is 0 Å². The number of hydrogen-bond acceptors (Lipinski definition) is 3. The fourth-order valence-corrected chi connectivity index (χ4v) is 3.73. The van der Waals surface area contributed by atoms with Crippen LogP contribution in [0.2, 0.25) is 5.02 Å². The van der Waals surface area contributed by atoms with E-state index >= 15 is 0 Å². The largest absolute Gasteiger partial charge is 0.322 e. The van der Waals surface area contributed by atoms with E-state index in [1.54, 1.807) is 17.9 Å². The van der Waals surface area contributed by atoms with Gasteiger partial charge in [-0.1, -0.05) is 23.7 Å². The van der Waals surface area contributed by atoms with Gasteiger partial charge in [-0.2, -0.15) is 0 Å². The third kappa shape index (κ3) is 4.36. The zero-order valence-corrected chi connectivity index (χ0v) is 14.5. The molecule has 1 fully saturated rings. The number of nitrogens with zero attached hydrogens (tertiary/aromatic N) is 1. The quantitative estimate of drug-likeness (QED) is 0.892. The molecule has 22 heavy (non-hydrogen) atoms. The second kappa shape index (κ2) is 6.46. The van der Waals surface area contributed by atoms with Crippen molar-refractivity contribution in [1.82, 2.24) is 4.90 Å². The van der Waals surface area contributed by atoms with E-state index < -0.39 is 9.84 Å². The lowest BCUT2D eigenvalue weighted by Crippen LogP contribution is -2.46. The highest BCUT2D eigenvalue weighted by molar-refractivity contribution is 7.90. The van der Waals surface area contributed by atoms with E-state index in [4.69, 9.17) is 11.6 Å². The third-order valence-electron chi connectivity index (χ3n) is 3.63. The van der Waals surface area contributed by atoms with Crippen molar-refractivity contribution in [2.75, 3.05) is 17.3 Å². The lowest BCUT2D eigenvalue weighted by atomic mass is 10.2. The van der Waals surface area contributed by atoms with Crippen molar-refractivity contribution >= 4 is 33.2 Å². The Kier molecular flexibility index (Phi) is 5.02. The molecule has 1 aliphatic carbocycles. The molecule has 0 aromatic heterocycles. The molecule has 2 amide bonds. The molecule has 2 rings (SSSR count). The van der Waals surface area contributed by atoms with Gasteiger partial charge in [0.2, 0.25) is 0 Å². The average Bonchev–Trinajstić information content (AvgIpc) is 3.17. The van der Waals surface area contributed by atoms with E-state index in [-0.39, 0.29) is 23.9 Å². The van der Waals surface area contributed by atoms with E-state index in [2.05, 4.69) is 5.32 Å². The minimum absolute atomic E-state index is 0.0432. The highest BCUT2D eigenvalue weighted by Gasteiger charge is 2.37. The SMILES string of the molecule is Cc1cccc(NC(=O)N(C(C)CS(C)(=O)=O)C2CC2)c1Cl. The summed E-state index contributed by atoms with van der Waals surface area (Å²) in [5.74, 6) is -0.0432. The fraction of sp³-hybridized carbons (Fsp3) is 0.533. The van der Waals surface area contributed by atoms with Gasteiger partial charge >= 0.3 is 6.03 Å². The normalized spacial score (nSPS) is 16.2. The van der Waals surface area contributed by atoms with Gasteiger partial charge in [0, 0.05) is 18.3 Å². The Morgan fingerprint density at radius 2 is 2.09 bits per heavy atom. The van der Waals surface area contributed by atoms with Gasteiger partial charge in [0.15, 0.2) is 0 Å². The van der Waals surface area contributed by atoms with Gasteiger partial charge in [0.05, 0.1) is 16.5 Å². The number of aryl methyl sites for hydroxylation is 1. The summed E-state index contributed by atoms with van der Waals surface area (Å²) in [6, 6.07) is 4.86. The molecule has 1 aromatic rings. The molecule has 0 radical (unpaired) electrons. The molecule has 0 bridgehead atoms. The summed E-state index contributed by atoms with van der Waals surface area (Å²) in [7, 11) is -3.14. The van der Waals surface area contributed by atoms with Gasteiger partial charge in [-0.05, 0) is 38.3 Å². The van der Waals surface area contributed by atoms with Crippen LogP contribution < -0.4 is 5.32 Å². The number of anilines is 1. The molecule has 0 aliphatic heterocycles. The molecular formula is C15H21ClN2O3S. The zero-order chi connectivity index (χ0) is 16.5. The van der Waals surface area contributed by atoms with Crippen LogP contribution in [0.25, 0.3) is 0 Å². The zero-order valence-electron chi connectivity index (χ0n) is 13.0. The first kappa shape index (κ1) is 17.1. The predicted octanol–water partition coefficient (Wildman–Crippen LogP) is 3.08. The van der Waals surface area contributed by atoms with Crippen molar-refractivity contribution in [2.45, 2.75) is 38.8 Å². The highest BCUT2D eigenvalue weighted by Crippen LogP contribution is 2.31. The number of halogens is 1. The van der Waals surface area contributed by atoms with Crippen molar-refractivity contribution in [1.29, 1.82) is 0 Å². The Balaban J connectivity index is 2.15. The van der Waals surface area contributed by atoms with Crippen LogP contribution in [0, 0.1) is 6.92 Å². The molecule has 7 heteroatoms. The van der Waals surface area contributed by atoms with Crippen LogP contribution in [0.4, 0.5) is 10.5 Å². The maximum Gasteiger partial charge on any atom is 0.322 e. The van der Waals surface area contributed by atoms with Crippen LogP contribution >= 0.6 is 11.6 Å². The molecule has 1 saturated carbocycles. The second-order valence-corrected chi connectivity index (χ2v) is 8.51. The molecular weight excluding hydrogens is 324 g/mol. The number of benzene rings is 1. The van der Waals surface area contributed by atoms with Gasteiger partial charge in [-0.25, -0.2) is 13.2 Å². The van der Waals surface area contributed by atoms with Crippen molar-refractivity contribution < 1.29 is 13.2 Å². The number of nitrogens with one attached hydrogen (secondary N) is 1. The molecule has 1 atom stereocenters. The Morgan fingerprint density at radius 3 is 2.64 bits per heavy atom. The number of rotatable bonds is 5. The summed E-state index contributed by atoms with van der Waals surface area (Å²) >= 11 is 6.19. The number of sulfone groups is 1. The Labute approximate surface area is 136 Å². The van der Waals surface area contributed by atoms with Crippen molar-refractivity contribution in [3.63, 3.8) is 0 Å². The van der Waals surface area contributed by atoms with Crippen LogP contribution in [0.15, 0.2) is 18.2 Å². The van der Waals surface area contributed by atoms with Crippen LogP contribution in [-0.2, 0) is 9.84 Å². The smallest absolute Gasteiger partial charge is 0.318 e. The van der Waals surface area contributed by atoms with E-state index in [1.165, 1.54) is 6.26 Å². The molecule has 1 aliphatic rings. The van der Waals surface area contributed by atoms with Gasteiger partial charge < -0.3 is 10.2 Å². The molecule has 0 spiro atoms. The minimum Gasteiger partial charge on any atom is -0.318 e. The van der Waals surface area contributed by atoms with Gasteiger partial charge in [0.25, 0.3) is 0 Å². The number of amides is 2. The van der Waals surface area contributed by atoms with E-state index in [9.17, 15) is 13.2 Å². The summed E-state index contributed by atoms with van der Waals surface area (Å²) < 4.78 is 23.0. The van der Waals surface area contributed by atoms with Gasteiger partial charge in [-0.15, -0.1) is 0 Å². The monoisotopic (exact) mass is 344 g/mol. The number of urea groups is 1. The Hall–Kier alpha value is -1.27. The van der Waals surface area contributed by atoms with Crippen LogP contribution in [0.3, 0.4) is 0 Å². The Bertz CT molecular complexity index is 671. The first-order valence-corrected chi connectivity index (χ1v) is 9.65. The molecule has 0 heterocycles. The topological polar surface area (TPSA) is 66.5 Å². The molecule has 0 saturated heterocycles. The first-order chi connectivity index (χ1) is 10.2. The van der Waals surface area contributed by atoms with Crippen molar-refractivity contribution in [3.05, 3.63) is 28.8 Å². The standard InChI is InChI=1S/C15H21ClN2O3S/c1-10-5-4-6-13(14(10)16)17-15(19)18(12-7-8-12)11(2)9-22(3,20)21/h4-6,11-12H,7-9H2,1-3H3,(H,17,19). The van der Waals surface area contributed by atoms with E-state index in [0.717, 1.165) is 18.4 Å². The average molecular weight is 345 g/mol. The summed E-state index contributed by atoms with van der Waals surface area (Å²) in [6.45, 7) is 3.62. The molecule has 1 aromatic carbocycles. The maximum atomic E-state index is 12.5. The van der Waals surface area contributed by atoms with Crippen molar-refractivity contribution in [3.8, 4) is 0 Å². The predicted molar refractivity (Wildman–Crippen MR) is 89.2 cm³/mol. The fourth-order valence-electron chi connectivity index (χ4n) is 2.52. The van der Waals surface area contributed by atoms with E-state index in [0.29, 0.717) is 10.7 Å². The molecule has 1 N–H and O–H groups in total. The first-order valence-electron chi connectivity index (χ1n) is 7.21. The lowest BCUT2D eigenvalue weighted by Gasteiger charge is -2.29. The third-order valence-corrected chi connectivity index (χ3v) is 5.22. The molecule has 5 nitrogen and oxygen atoms in total. The number of hydrogen-bond donors (Lipinski definition) is 1. The van der Waals surface area contributed by atoms with Gasteiger partial charge in [0.1, 0.15) is 9.84 Å². The maximum absolute atomic E-state index is 12.5. The van der Waals surface area contributed by atoms with Crippen LogP contribution in [0.5, 0.6) is 0 Å². The summed E-state index contributed by atoms with van der Waals surface area (Å²) in [6.07, 6.45) is 3.00. The highest BCUT2D eigenvalue weighted by atomic mass is 35.5. The summed E-state index contributed by atoms with van der Waals surface area (Å²) in [5.41, 5.74) is 1.42. The summed E-state index contributed by atoms with van der Waals surface area (Å²) in [4.78, 5) is 14.2. The van der Waals surface area contributed by atoms with Crippen LogP contribution in [0.1, 0.15) is 25.3 Å². The molecule has 1 unspecified atom stereocenters. The van der Waals surface area contributed by atoms with Crippen LogP contribution in [-0.4, -0.2) is 43.4 Å². The van der Waals surface area contributed by atoms with E-state index in [1.807, 2.05) is 19.1 Å². The number of carbonyl (C=O) groups is 1. The summed E-state index contributed by atoms with van der Waals surface area (Å²) in [5, 5.41) is 3.30. The minimum atomic E-state index is -3.14. The second-order valence-electron chi connectivity index (χ2n) is 5.95. The number of carbonyl (C=O) groups excluding carboxylic acids is 1. The lowest BCUT2D eigenvalue weighted by molar-refractivity contribution is 0.194. The Morgan fingerprint density at radius 1 is 1.45 bits per heavy atom.